The Morgan fingerprint density at radius 1 is 1.48 bits per heavy atom. The number of aliphatic hydroxyl groups is 1. The first kappa shape index (κ1) is 16.0. The fraction of sp³-hybridized carbons (Fsp3) is 0.556. The Labute approximate surface area is 136 Å². The minimum absolute atomic E-state index is 0.0559. The molecule has 2 aliphatic carbocycles. The van der Waals surface area contributed by atoms with Crippen molar-refractivity contribution in [2.45, 2.75) is 50.7 Å². The molecule has 1 heterocycles. The van der Waals surface area contributed by atoms with Gasteiger partial charge in [0.25, 0.3) is 0 Å². The number of aliphatic hydroxyl groups excluding tert-OH is 1. The van der Waals surface area contributed by atoms with E-state index in [2.05, 4.69) is 16.4 Å². The number of allylic oxidation sites excluding steroid dienone is 1. The van der Waals surface area contributed by atoms with E-state index >= 15 is 0 Å². The molecular weight excluding hydrogens is 292 g/mol. The number of amides is 1. The summed E-state index contributed by atoms with van der Waals surface area (Å²) < 4.78 is 5.09. The van der Waals surface area contributed by atoms with E-state index in [1.807, 2.05) is 12.1 Å². The fourth-order valence-electron chi connectivity index (χ4n) is 3.40. The van der Waals surface area contributed by atoms with Crippen LogP contribution < -0.4 is 10.1 Å². The van der Waals surface area contributed by atoms with Crippen LogP contribution in [0.3, 0.4) is 0 Å². The number of rotatable bonds is 6. The van der Waals surface area contributed by atoms with Crippen LogP contribution >= 0.6 is 0 Å². The summed E-state index contributed by atoms with van der Waals surface area (Å²) in [6, 6.07) is 3.66. The Morgan fingerprint density at radius 3 is 2.87 bits per heavy atom. The summed E-state index contributed by atoms with van der Waals surface area (Å²) in [6.07, 6.45) is 8.88. The molecule has 3 rings (SSSR count). The molecule has 2 aliphatic rings. The largest absolute Gasteiger partial charge is 0.481 e. The van der Waals surface area contributed by atoms with Crippen LogP contribution in [0.5, 0.6) is 5.88 Å². The SMILES string of the molecule is COc1ccc([C@H](NC(=O)CC2=CCCC2)C2CC(O)C2)cn1. The zero-order valence-corrected chi connectivity index (χ0v) is 13.5. The van der Waals surface area contributed by atoms with E-state index in [9.17, 15) is 9.90 Å². The number of methoxy groups -OCH3 is 1. The minimum atomic E-state index is -0.247. The third kappa shape index (κ3) is 3.91. The third-order valence-electron chi connectivity index (χ3n) is 4.79. The number of nitrogens with zero attached hydrogens (tertiary/aromatic N) is 1. The quantitative estimate of drug-likeness (QED) is 0.791. The van der Waals surface area contributed by atoms with Crippen LogP contribution in [0.2, 0.25) is 0 Å². The van der Waals surface area contributed by atoms with E-state index in [0.717, 1.165) is 37.7 Å². The third-order valence-corrected chi connectivity index (χ3v) is 4.79. The van der Waals surface area contributed by atoms with Gasteiger partial charge in [-0.1, -0.05) is 17.7 Å². The van der Waals surface area contributed by atoms with Gasteiger partial charge in [0.05, 0.1) is 19.3 Å². The molecule has 0 aliphatic heterocycles. The Kier molecular flexibility index (Phi) is 4.96. The lowest BCUT2D eigenvalue weighted by molar-refractivity contribution is -0.122. The number of ether oxygens (including phenoxy) is 1. The summed E-state index contributed by atoms with van der Waals surface area (Å²) in [4.78, 5) is 16.6. The number of aromatic nitrogens is 1. The topological polar surface area (TPSA) is 71.5 Å². The first-order chi connectivity index (χ1) is 11.2. The summed E-state index contributed by atoms with van der Waals surface area (Å²) >= 11 is 0. The molecule has 0 bridgehead atoms. The fourth-order valence-corrected chi connectivity index (χ4v) is 3.40. The van der Waals surface area contributed by atoms with Gasteiger partial charge in [0.1, 0.15) is 0 Å². The van der Waals surface area contributed by atoms with Crippen molar-refractivity contribution in [3.63, 3.8) is 0 Å². The molecule has 1 aromatic rings. The van der Waals surface area contributed by atoms with E-state index in [0.29, 0.717) is 12.3 Å². The molecule has 0 spiro atoms. The second-order valence-electron chi connectivity index (χ2n) is 6.50. The van der Waals surface area contributed by atoms with Crippen LogP contribution in [0, 0.1) is 5.92 Å². The van der Waals surface area contributed by atoms with Crippen molar-refractivity contribution in [3.8, 4) is 5.88 Å². The highest BCUT2D eigenvalue weighted by atomic mass is 16.5. The van der Waals surface area contributed by atoms with E-state index in [1.165, 1.54) is 5.57 Å². The van der Waals surface area contributed by atoms with Crippen LogP contribution in [0.4, 0.5) is 0 Å². The Morgan fingerprint density at radius 2 is 2.30 bits per heavy atom. The molecule has 124 valence electrons. The standard InChI is InChI=1S/C18H24N2O3/c1-23-17-7-6-13(11-19-17)18(14-9-15(21)10-14)20-16(22)8-12-4-2-3-5-12/h4,6-7,11,14-15,18,21H,2-3,5,8-10H2,1H3,(H,20,22)/t14?,15?,18-/m0/s1. The van der Waals surface area contributed by atoms with Gasteiger partial charge in [-0.3, -0.25) is 4.79 Å². The molecule has 2 N–H and O–H groups in total. The molecule has 1 fully saturated rings. The number of carbonyl (C=O) groups excluding carboxylic acids is 1. The molecule has 0 aromatic carbocycles. The summed E-state index contributed by atoms with van der Waals surface area (Å²) in [5.74, 6) is 0.880. The number of hydrogen-bond acceptors (Lipinski definition) is 4. The molecule has 1 saturated carbocycles. The van der Waals surface area contributed by atoms with Crippen molar-refractivity contribution in [3.05, 3.63) is 35.5 Å². The summed E-state index contributed by atoms with van der Waals surface area (Å²) in [7, 11) is 1.58. The lowest BCUT2D eigenvalue weighted by atomic mass is 9.75. The molecular formula is C18H24N2O3. The van der Waals surface area contributed by atoms with Crippen molar-refractivity contribution >= 4 is 5.91 Å². The molecule has 1 amide bonds. The van der Waals surface area contributed by atoms with Crippen LogP contribution in [0.25, 0.3) is 0 Å². The monoisotopic (exact) mass is 316 g/mol. The van der Waals surface area contributed by atoms with E-state index in [4.69, 9.17) is 4.74 Å². The molecule has 1 atom stereocenters. The van der Waals surface area contributed by atoms with Crippen molar-refractivity contribution in [1.29, 1.82) is 0 Å². The van der Waals surface area contributed by atoms with Crippen LogP contribution in [0.15, 0.2) is 30.0 Å². The van der Waals surface area contributed by atoms with Gasteiger partial charge in [-0.25, -0.2) is 4.98 Å². The normalized spacial score (nSPS) is 24.5. The first-order valence-corrected chi connectivity index (χ1v) is 8.31. The van der Waals surface area contributed by atoms with Gasteiger partial charge >= 0.3 is 0 Å². The highest BCUT2D eigenvalue weighted by Crippen LogP contribution is 2.38. The Bertz CT molecular complexity index is 576. The van der Waals surface area contributed by atoms with Gasteiger partial charge in [0.15, 0.2) is 0 Å². The van der Waals surface area contributed by atoms with Crippen LogP contribution in [0.1, 0.15) is 50.1 Å². The molecule has 0 saturated heterocycles. The molecule has 5 heteroatoms. The lowest BCUT2D eigenvalue weighted by Gasteiger charge is -2.38. The second-order valence-corrected chi connectivity index (χ2v) is 6.50. The van der Waals surface area contributed by atoms with Gasteiger partial charge < -0.3 is 15.2 Å². The van der Waals surface area contributed by atoms with Crippen molar-refractivity contribution in [2.24, 2.45) is 5.92 Å². The second kappa shape index (κ2) is 7.13. The smallest absolute Gasteiger partial charge is 0.224 e. The molecule has 5 nitrogen and oxygen atoms in total. The minimum Gasteiger partial charge on any atom is -0.481 e. The zero-order chi connectivity index (χ0) is 16.2. The average molecular weight is 316 g/mol. The Hall–Kier alpha value is -1.88. The molecule has 23 heavy (non-hydrogen) atoms. The molecule has 0 unspecified atom stereocenters. The van der Waals surface area contributed by atoms with Gasteiger partial charge in [-0.15, -0.1) is 0 Å². The number of hydrogen-bond donors (Lipinski definition) is 2. The highest BCUT2D eigenvalue weighted by molar-refractivity contribution is 5.79. The van der Waals surface area contributed by atoms with Gasteiger partial charge in [0, 0.05) is 18.7 Å². The zero-order valence-electron chi connectivity index (χ0n) is 13.5. The average Bonchev–Trinajstić information content (AvgIpc) is 3.03. The van der Waals surface area contributed by atoms with E-state index in [1.54, 1.807) is 13.3 Å². The number of carbonyl (C=O) groups is 1. The number of nitrogens with one attached hydrogen (secondary N) is 1. The Balaban J connectivity index is 1.68. The summed E-state index contributed by atoms with van der Waals surface area (Å²) in [6.45, 7) is 0. The lowest BCUT2D eigenvalue weighted by Crippen LogP contribution is -2.41. The maximum Gasteiger partial charge on any atom is 0.224 e. The maximum atomic E-state index is 12.4. The molecule has 0 radical (unpaired) electrons. The van der Waals surface area contributed by atoms with Crippen molar-refractivity contribution in [2.75, 3.05) is 7.11 Å². The summed E-state index contributed by atoms with van der Waals surface area (Å²) in [5.41, 5.74) is 2.21. The van der Waals surface area contributed by atoms with E-state index in [-0.39, 0.29) is 24.0 Å². The first-order valence-electron chi connectivity index (χ1n) is 8.31. The van der Waals surface area contributed by atoms with Crippen molar-refractivity contribution in [1.82, 2.24) is 10.3 Å². The summed E-state index contributed by atoms with van der Waals surface area (Å²) in [5, 5.41) is 12.8. The highest BCUT2D eigenvalue weighted by Gasteiger charge is 2.35. The number of pyridine rings is 1. The molecule has 1 aromatic heterocycles. The predicted octanol–water partition coefficient (Wildman–Crippen LogP) is 2.52. The van der Waals surface area contributed by atoms with Gasteiger partial charge in [0.2, 0.25) is 11.8 Å². The van der Waals surface area contributed by atoms with Crippen molar-refractivity contribution < 1.29 is 14.6 Å². The predicted molar refractivity (Wildman–Crippen MR) is 87.0 cm³/mol. The van der Waals surface area contributed by atoms with Crippen LogP contribution in [-0.4, -0.2) is 29.2 Å². The van der Waals surface area contributed by atoms with Crippen LogP contribution in [-0.2, 0) is 4.79 Å². The maximum absolute atomic E-state index is 12.4. The van der Waals surface area contributed by atoms with Gasteiger partial charge in [-0.2, -0.15) is 0 Å². The van der Waals surface area contributed by atoms with E-state index < -0.39 is 0 Å². The van der Waals surface area contributed by atoms with Gasteiger partial charge in [-0.05, 0) is 43.6 Å².